The molecule has 4 rings (SSSR count). The summed E-state index contributed by atoms with van der Waals surface area (Å²) in [6.07, 6.45) is 1.20. The average molecular weight is 594 g/mol. The van der Waals surface area contributed by atoms with Crippen molar-refractivity contribution in [2.75, 3.05) is 0 Å². The third kappa shape index (κ3) is 7.69. The molecule has 41 heavy (non-hydrogen) atoms. The van der Waals surface area contributed by atoms with E-state index in [4.69, 9.17) is 27.9 Å². The van der Waals surface area contributed by atoms with Gasteiger partial charge in [-0.3, -0.25) is 9.59 Å². The maximum atomic E-state index is 13.2. The van der Waals surface area contributed by atoms with Gasteiger partial charge in [0.2, 0.25) is 0 Å². The minimum absolute atomic E-state index is 0.148. The molecular formula is C32H34Cl2N4O3. The lowest BCUT2D eigenvalue weighted by atomic mass is 10.0. The molecule has 0 aliphatic heterocycles. The number of ether oxygens (including phenoxy) is 1. The van der Waals surface area contributed by atoms with Crippen LogP contribution in [0.2, 0.25) is 10.0 Å². The van der Waals surface area contributed by atoms with Gasteiger partial charge in [-0.15, -0.1) is 0 Å². The van der Waals surface area contributed by atoms with E-state index in [1.165, 1.54) is 11.6 Å². The van der Waals surface area contributed by atoms with Gasteiger partial charge >= 0.3 is 0 Å². The molecule has 0 unspecified atom stereocenters. The van der Waals surface area contributed by atoms with Crippen LogP contribution in [-0.4, -0.2) is 34.7 Å². The van der Waals surface area contributed by atoms with Crippen LogP contribution in [0.4, 0.5) is 0 Å². The van der Waals surface area contributed by atoms with Crippen molar-refractivity contribution in [3.63, 3.8) is 0 Å². The lowest BCUT2D eigenvalue weighted by Gasteiger charge is -2.22. The van der Waals surface area contributed by atoms with Crippen LogP contribution in [-0.2, 0) is 16.1 Å². The van der Waals surface area contributed by atoms with E-state index in [0.717, 1.165) is 28.7 Å². The number of halogens is 2. The number of rotatable bonds is 11. The van der Waals surface area contributed by atoms with Crippen molar-refractivity contribution >= 4 is 52.1 Å². The number of para-hydroxylation sites is 1. The Morgan fingerprint density at radius 1 is 0.976 bits per heavy atom. The number of amides is 2. The number of benzene rings is 3. The van der Waals surface area contributed by atoms with Crippen molar-refractivity contribution in [1.29, 1.82) is 0 Å². The monoisotopic (exact) mass is 592 g/mol. The topological polar surface area (TPSA) is 84.7 Å². The first-order valence-corrected chi connectivity index (χ1v) is 14.3. The molecule has 2 amide bonds. The number of aromatic nitrogens is 1. The molecule has 2 N–H and O–H groups in total. The van der Waals surface area contributed by atoms with E-state index in [2.05, 4.69) is 38.6 Å². The molecule has 9 heteroatoms. The van der Waals surface area contributed by atoms with Crippen LogP contribution in [0, 0.1) is 12.8 Å². The van der Waals surface area contributed by atoms with Crippen molar-refractivity contribution in [3.05, 3.63) is 99.7 Å². The summed E-state index contributed by atoms with van der Waals surface area (Å²) in [5, 5.41) is 8.88. The second-order valence-corrected chi connectivity index (χ2v) is 11.2. The molecule has 4 aromatic rings. The summed E-state index contributed by atoms with van der Waals surface area (Å²) in [5.74, 6) is -0.378. The first-order chi connectivity index (χ1) is 19.6. The van der Waals surface area contributed by atoms with Gasteiger partial charge in [-0.1, -0.05) is 85.6 Å². The number of nitrogens with one attached hydrogen (secondary N) is 2. The van der Waals surface area contributed by atoms with Gasteiger partial charge in [-0.05, 0) is 56.0 Å². The molecule has 7 nitrogen and oxygen atoms in total. The zero-order valence-electron chi connectivity index (χ0n) is 23.5. The highest BCUT2D eigenvalue weighted by Crippen LogP contribution is 2.28. The van der Waals surface area contributed by atoms with Crippen LogP contribution in [0.25, 0.3) is 10.9 Å². The summed E-state index contributed by atoms with van der Waals surface area (Å²) < 4.78 is 7.96. The minimum atomic E-state index is -0.891. The smallest absolute Gasteiger partial charge is 0.262 e. The molecule has 0 spiro atoms. The summed E-state index contributed by atoms with van der Waals surface area (Å²) in [4.78, 5) is 26.1. The molecule has 0 bridgehead atoms. The van der Waals surface area contributed by atoms with Gasteiger partial charge in [-0.2, -0.15) is 5.10 Å². The summed E-state index contributed by atoms with van der Waals surface area (Å²) in [6, 6.07) is 22.3. The van der Waals surface area contributed by atoms with Gasteiger partial charge in [0, 0.05) is 33.7 Å². The van der Waals surface area contributed by atoms with Gasteiger partial charge in [0.05, 0.1) is 11.2 Å². The van der Waals surface area contributed by atoms with E-state index in [0.29, 0.717) is 22.2 Å². The number of nitrogens with zero attached hydrogens (tertiary/aromatic N) is 2. The van der Waals surface area contributed by atoms with E-state index >= 15 is 0 Å². The molecule has 0 radical (unpaired) electrons. The van der Waals surface area contributed by atoms with Crippen LogP contribution >= 0.6 is 23.2 Å². The van der Waals surface area contributed by atoms with Crippen LogP contribution < -0.4 is 15.5 Å². The van der Waals surface area contributed by atoms with Crippen LogP contribution in [0.15, 0.2) is 77.9 Å². The Morgan fingerprint density at radius 3 is 2.39 bits per heavy atom. The van der Waals surface area contributed by atoms with Crippen LogP contribution in [0.5, 0.6) is 5.75 Å². The fourth-order valence-corrected chi connectivity index (χ4v) is 5.09. The SMILES string of the molecule is Cc1c(/C=N\NC(=O)[C@@H](CC(C)C)NC(=O)[C@H](C)Oc2ccc(Cl)cc2Cl)c2ccccc2n1Cc1ccccc1. The number of hydrogen-bond donors (Lipinski definition) is 2. The predicted octanol–water partition coefficient (Wildman–Crippen LogP) is 6.75. The molecule has 0 aliphatic rings. The minimum Gasteiger partial charge on any atom is -0.479 e. The van der Waals surface area contributed by atoms with Crippen molar-refractivity contribution < 1.29 is 14.3 Å². The van der Waals surface area contributed by atoms with E-state index in [1.807, 2.05) is 57.2 Å². The van der Waals surface area contributed by atoms with Crippen LogP contribution in [0.3, 0.4) is 0 Å². The standard InChI is InChI=1S/C32H34Cl2N4O3/c1-20(2)16-28(36-31(39)22(4)41-30-15-14-24(33)17-27(30)34)32(40)37-35-18-26-21(3)38(19-23-10-6-5-7-11-23)29-13-9-8-12-25(26)29/h5-15,17-18,20,22,28H,16,19H2,1-4H3,(H,36,39)(H,37,40)/b35-18-/t22-,28+/m0/s1. The highest BCUT2D eigenvalue weighted by Gasteiger charge is 2.25. The fraction of sp³-hybridized carbons (Fsp3) is 0.281. The summed E-state index contributed by atoms with van der Waals surface area (Å²) in [5.41, 5.74) is 6.86. The molecule has 0 aliphatic carbocycles. The summed E-state index contributed by atoms with van der Waals surface area (Å²) >= 11 is 12.1. The van der Waals surface area contributed by atoms with Gasteiger partial charge in [0.15, 0.2) is 6.10 Å². The van der Waals surface area contributed by atoms with E-state index < -0.39 is 24.0 Å². The molecule has 1 aromatic heterocycles. The zero-order valence-corrected chi connectivity index (χ0v) is 25.0. The quantitative estimate of drug-likeness (QED) is 0.149. The second-order valence-electron chi connectivity index (χ2n) is 10.3. The first kappa shape index (κ1) is 30.2. The number of fused-ring (bicyclic) bond motifs is 1. The third-order valence-corrected chi connectivity index (χ3v) is 7.27. The molecule has 0 fully saturated rings. The lowest BCUT2D eigenvalue weighted by Crippen LogP contribution is -2.49. The van der Waals surface area contributed by atoms with E-state index in [1.54, 1.807) is 25.3 Å². The average Bonchev–Trinajstić information content (AvgIpc) is 3.20. The Kier molecular flexibility index (Phi) is 10.1. The Hall–Kier alpha value is -3.81. The lowest BCUT2D eigenvalue weighted by molar-refractivity contribution is -0.132. The Labute approximate surface area is 250 Å². The van der Waals surface area contributed by atoms with Crippen molar-refractivity contribution in [2.45, 2.75) is 52.8 Å². The fourth-order valence-electron chi connectivity index (χ4n) is 4.64. The summed E-state index contributed by atoms with van der Waals surface area (Å²) in [6.45, 7) is 8.32. The molecule has 0 saturated carbocycles. The highest BCUT2D eigenvalue weighted by atomic mass is 35.5. The van der Waals surface area contributed by atoms with Gasteiger partial charge in [-0.25, -0.2) is 5.43 Å². The highest BCUT2D eigenvalue weighted by molar-refractivity contribution is 6.35. The molecule has 1 heterocycles. The third-order valence-electron chi connectivity index (χ3n) is 6.74. The Bertz CT molecular complexity index is 1550. The van der Waals surface area contributed by atoms with Gasteiger partial charge in [0.1, 0.15) is 11.8 Å². The Morgan fingerprint density at radius 2 is 1.68 bits per heavy atom. The molecular weight excluding hydrogens is 559 g/mol. The van der Waals surface area contributed by atoms with Crippen molar-refractivity contribution in [1.82, 2.24) is 15.3 Å². The van der Waals surface area contributed by atoms with E-state index in [9.17, 15) is 9.59 Å². The second kappa shape index (κ2) is 13.7. The molecule has 0 saturated heterocycles. The Balaban J connectivity index is 1.47. The number of hydrazone groups is 1. The zero-order chi connectivity index (χ0) is 29.5. The number of carbonyl (C=O) groups excluding carboxylic acids is 2. The maximum absolute atomic E-state index is 13.2. The number of carbonyl (C=O) groups is 2. The van der Waals surface area contributed by atoms with Gasteiger partial charge in [0.25, 0.3) is 11.8 Å². The largest absolute Gasteiger partial charge is 0.479 e. The van der Waals surface area contributed by atoms with Crippen molar-refractivity contribution in [2.24, 2.45) is 11.0 Å². The number of hydrogen-bond acceptors (Lipinski definition) is 4. The van der Waals surface area contributed by atoms with Crippen molar-refractivity contribution in [3.8, 4) is 5.75 Å². The molecule has 2 atom stereocenters. The van der Waals surface area contributed by atoms with E-state index in [-0.39, 0.29) is 5.92 Å². The molecule has 3 aromatic carbocycles. The van der Waals surface area contributed by atoms with Gasteiger partial charge < -0.3 is 14.6 Å². The van der Waals surface area contributed by atoms with Crippen LogP contribution in [0.1, 0.15) is 44.0 Å². The first-order valence-electron chi connectivity index (χ1n) is 13.5. The molecule has 214 valence electrons. The maximum Gasteiger partial charge on any atom is 0.262 e. The normalized spacial score (nSPS) is 13.0. The predicted molar refractivity (Wildman–Crippen MR) is 166 cm³/mol. The summed E-state index contributed by atoms with van der Waals surface area (Å²) in [7, 11) is 0.